The van der Waals surface area contributed by atoms with Crippen molar-refractivity contribution in [2.24, 2.45) is 5.92 Å². The first-order chi connectivity index (χ1) is 9.70. The Bertz CT molecular complexity index is 622. The largest absolute Gasteiger partial charge is 0.352 e. The minimum Gasteiger partial charge on any atom is -0.352 e. The van der Waals surface area contributed by atoms with E-state index in [1.807, 2.05) is 0 Å². The number of carbonyl (C=O) groups excluding carboxylic acids is 1. The van der Waals surface area contributed by atoms with E-state index in [0.29, 0.717) is 23.6 Å². The molecule has 0 aromatic heterocycles. The molecule has 21 heavy (non-hydrogen) atoms. The van der Waals surface area contributed by atoms with Gasteiger partial charge in [0.05, 0.1) is 4.90 Å². The molecule has 0 bridgehead atoms. The Balaban J connectivity index is 3.05. The molecule has 0 aliphatic heterocycles. The van der Waals surface area contributed by atoms with Gasteiger partial charge in [-0.3, -0.25) is 4.79 Å². The smallest absolute Gasteiger partial charge is 0.261 e. The van der Waals surface area contributed by atoms with Crippen molar-refractivity contribution in [2.75, 3.05) is 6.54 Å². The quantitative estimate of drug-likeness (QED) is 0.812. The normalized spacial score (nSPS) is 11.7. The second-order valence-corrected chi connectivity index (χ2v) is 7.80. The molecule has 118 valence electrons. The van der Waals surface area contributed by atoms with Crippen LogP contribution in [-0.4, -0.2) is 20.9 Å². The predicted octanol–water partition coefficient (Wildman–Crippen LogP) is 3.40. The first kappa shape index (κ1) is 18.0. The van der Waals surface area contributed by atoms with Gasteiger partial charge in [0.25, 0.3) is 15.0 Å². The molecule has 0 aliphatic rings. The molecule has 0 aliphatic carbocycles. The number of amides is 1. The van der Waals surface area contributed by atoms with Crippen LogP contribution in [0.15, 0.2) is 17.0 Å². The third-order valence-electron chi connectivity index (χ3n) is 3.74. The van der Waals surface area contributed by atoms with Gasteiger partial charge in [0, 0.05) is 22.8 Å². The molecule has 0 atom stereocenters. The molecule has 0 saturated heterocycles. The molecule has 1 aromatic carbocycles. The van der Waals surface area contributed by atoms with Crippen LogP contribution in [0.1, 0.15) is 48.2 Å². The highest BCUT2D eigenvalue weighted by Gasteiger charge is 2.19. The Morgan fingerprint density at radius 2 is 1.76 bits per heavy atom. The van der Waals surface area contributed by atoms with Crippen LogP contribution in [0.4, 0.5) is 0 Å². The van der Waals surface area contributed by atoms with Crippen LogP contribution in [0.5, 0.6) is 0 Å². The lowest BCUT2D eigenvalue weighted by molar-refractivity contribution is 0.0945. The van der Waals surface area contributed by atoms with Gasteiger partial charge < -0.3 is 5.32 Å². The summed E-state index contributed by atoms with van der Waals surface area (Å²) in [7, 11) is 1.55. The minimum atomic E-state index is -3.85. The van der Waals surface area contributed by atoms with Crippen LogP contribution in [-0.2, 0) is 9.05 Å². The molecule has 1 aromatic rings. The second-order valence-electron chi connectivity index (χ2n) is 5.26. The SMILES string of the molecule is CCC(CC)CNC(=O)c1cc(S(=O)(=O)Cl)c(C)cc1C. The summed E-state index contributed by atoms with van der Waals surface area (Å²) in [6, 6.07) is 3.02. The van der Waals surface area contributed by atoms with Gasteiger partial charge in [0.2, 0.25) is 0 Å². The van der Waals surface area contributed by atoms with E-state index in [4.69, 9.17) is 10.7 Å². The molecule has 1 rings (SSSR count). The van der Waals surface area contributed by atoms with Gasteiger partial charge in [-0.1, -0.05) is 32.8 Å². The topological polar surface area (TPSA) is 63.2 Å². The zero-order valence-electron chi connectivity index (χ0n) is 12.9. The summed E-state index contributed by atoms with van der Waals surface area (Å²) in [5.41, 5.74) is 1.63. The highest BCUT2D eigenvalue weighted by molar-refractivity contribution is 8.13. The molecular weight excluding hydrogens is 310 g/mol. The maximum Gasteiger partial charge on any atom is 0.261 e. The fraction of sp³-hybridized carbons (Fsp3) is 0.533. The lowest BCUT2D eigenvalue weighted by Crippen LogP contribution is -2.29. The lowest BCUT2D eigenvalue weighted by atomic mass is 10.0. The molecule has 1 amide bonds. The number of carbonyl (C=O) groups is 1. The summed E-state index contributed by atoms with van der Waals surface area (Å²) in [5, 5.41) is 2.86. The number of halogens is 1. The van der Waals surface area contributed by atoms with Gasteiger partial charge in [0.1, 0.15) is 0 Å². The van der Waals surface area contributed by atoms with Gasteiger partial charge in [-0.2, -0.15) is 0 Å². The molecule has 4 nitrogen and oxygen atoms in total. The molecule has 0 fully saturated rings. The highest BCUT2D eigenvalue weighted by Crippen LogP contribution is 2.23. The van der Waals surface area contributed by atoms with Crippen molar-refractivity contribution in [3.05, 3.63) is 28.8 Å². The average Bonchev–Trinajstić information content (AvgIpc) is 2.38. The number of hydrogen-bond donors (Lipinski definition) is 1. The zero-order chi connectivity index (χ0) is 16.2. The van der Waals surface area contributed by atoms with Crippen molar-refractivity contribution in [3.63, 3.8) is 0 Å². The van der Waals surface area contributed by atoms with E-state index in [-0.39, 0.29) is 10.8 Å². The third kappa shape index (κ3) is 4.71. The van der Waals surface area contributed by atoms with Crippen molar-refractivity contribution in [1.29, 1.82) is 0 Å². The van der Waals surface area contributed by atoms with Crippen LogP contribution in [0.2, 0.25) is 0 Å². The number of nitrogens with one attached hydrogen (secondary N) is 1. The molecule has 1 N–H and O–H groups in total. The van der Waals surface area contributed by atoms with Gasteiger partial charge >= 0.3 is 0 Å². The van der Waals surface area contributed by atoms with E-state index in [0.717, 1.165) is 18.4 Å². The number of aryl methyl sites for hydroxylation is 2. The summed E-state index contributed by atoms with van der Waals surface area (Å²) in [5.74, 6) is 0.164. The zero-order valence-corrected chi connectivity index (χ0v) is 14.4. The Morgan fingerprint density at radius 1 is 1.19 bits per heavy atom. The third-order valence-corrected chi connectivity index (χ3v) is 5.20. The van der Waals surface area contributed by atoms with Crippen LogP contribution < -0.4 is 5.32 Å². The Kier molecular flexibility index (Phi) is 6.23. The van der Waals surface area contributed by atoms with Crippen molar-refractivity contribution in [3.8, 4) is 0 Å². The van der Waals surface area contributed by atoms with Crippen LogP contribution in [0.25, 0.3) is 0 Å². The van der Waals surface area contributed by atoms with Gasteiger partial charge in [-0.25, -0.2) is 8.42 Å². The highest BCUT2D eigenvalue weighted by atomic mass is 35.7. The summed E-state index contributed by atoms with van der Waals surface area (Å²) in [6.07, 6.45) is 1.98. The lowest BCUT2D eigenvalue weighted by Gasteiger charge is -2.15. The summed E-state index contributed by atoms with van der Waals surface area (Å²) < 4.78 is 23.1. The second kappa shape index (κ2) is 7.27. The van der Waals surface area contributed by atoms with Gasteiger partial charge in [-0.05, 0) is 37.0 Å². The van der Waals surface area contributed by atoms with Gasteiger partial charge in [-0.15, -0.1) is 0 Å². The van der Waals surface area contributed by atoms with Crippen molar-refractivity contribution < 1.29 is 13.2 Å². The Labute approximate surface area is 131 Å². The van der Waals surface area contributed by atoms with Crippen molar-refractivity contribution >= 4 is 25.6 Å². The minimum absolute atomic E-state index is 0.0116. The van der Waals surface area contributed by atoms with E-state index >= 15 is 0 Å². The maximum absolute atomic E-state index is 12.2. The summed E-state index contributed by atoms with van der Waals surface area (Å²) >= 11 is 0. The molecular formula is C15H22ClNO3S. The molecule has 0 saturated carbocycles. The number of benzene rings is 1. The molecule has 0 heterocycles. The standard InChI is InChI=1S/C15H22ClNO3S/c1-5-12(6-2)9-17-15(18)13-8-14(21(16,19)20)11(4)7-10(13)3/h7-8,12H,5-6,9H2,1-4H3,(H,17,18). The Hall–Kier alpha value is -1.07. The molecule has 6 heteroatoms. The Morgan fingerprint density at radius 3 is 2.24 bits per heavy atom. The van der Waals surface area contributed by atoms with Crippen molar-refractivity contribution in [1.82, 2.24) is 5.32 Å². The van der Waals surface area contributed by atoms with E-state index in [2.05, 4.69) is 19.2 Å². The van der Waals surface area contributed by atoms with E-state index in [1.165, 1.54) is 6.07 Å². The van der Waals surface area contributed by atoms with Crippen LogP contribution >= 0.6 is 10.7 Å². The maximum atomic E-state index is 12.2. The monoisotopic (exact) mass is 331 g/mol. The van der Waals surface area contributed by atoms with Gasteiger partial charge in [0.15, 0.2) is 0 Å². The fourth-order valence-electron chi connectivity index (χ4n) is 2.25. The van der Waals surface area contributed by atoms with E-state index in [1.54, 1.807) is 19.9 Å². The van der Waals surface area contributed by atoms with E-state index < -0.39 is 9.05 Å². The molecule has 0 unspecified atom stereocenters. The van der Waals surface area contributed by atoms with E-state index in [9.17, 15) is 13.2 Å². The molecule has 0 radical (unpaired) electrons. The molecule has 0 spiro atoms. The van der Waals surface area contributed by atoms with Crippen LogP contribution in [0, 0.1) is 19.8 Å². The first-order valence-electron chi connectivity index (χ1n) is 7.04. The predicted molar refractivity (Wildman–Crippen MR) is 85.4 cm³/mol. The first-order valence-corrected chi connectivity index (χ1v) is 9.35. The number of rotatable bonds is 6. The fourth-order valence-corrected chi connectivity index (χ4v) is 3.45. The van der Waals surface area contributed by atoms with Crippen molar-refractivity contribution in [2.45, 2.75) is 45.4 Å². The van der Waals surface area contributed by atoms with Crippen LogP contribution in [0.3, 0.4) is 0 Å². The average molecular weight is 332 g/mol. The summed E-state index contributed by atoms with van der Waals surface area (Å²) in [6.45, 7) is 8.19. The summed E-state index contributed by atoms with van der Waals surface area (Å²) in [4.78, 5) is 12.2. The number of hydrogen-bond acceptors (Lipinski definition) is 3.